The van der Waals surface area contributed by atoms with E-state index in [1.807, 2.05) is 36.4 Å². The Balaban J connectivity index is 2.19. The Bertz CT molecular complexity index is 648. The lowest BCUT2D eigenvalue weighted by molar-refractivity contribution is -0.386. The van der Waals surface area contributed by atoms with Gasteiger partial charge in [-0.05, 0) is 17.2 Å². The highest BCUT2D eigenvalue weighted by molar-refractivity contribution is 5.49. The summed E-state index contributed by atoms with van der Waals surface area (Å²) in [5.41, 5.74) is 1.42. The van der Waals surface area contributed by atoms with Crippen molar-refractivity contribution in [1.29, 1.82) is 5.26 Å². The summed E-state index contributed by atoms with van der Waals surface area (Å²) in [4.78, 5) is 10.5. The van der Waals surface area contributed by atoms with Gasteiger partial charge in [-0.3, -0.25) is 10.1 Å². The molecule has 5 heteroatoms. The van der Waals surface area contributed by atoms with Gasteiger partial charge in [-0.25, -0.2) is 0 Å². The summed E-state index contributed by atoms with van der Waals surface area (Å²) in [5.74, 6) is 0.209. The van der Waals surface area contributed by atoms with Gasteiger partial charge in [-0.15, -0.1) is 0 Å². The smallest absolute Gasteiger partial charge is 0.311 e. The van der Waals surface area contributed by atoms with Gasteiger partial charge in [0.25, 0.3) is 0 Å². The van der Waals surface area contributed by atoms with Crippen LogP contribution < -0.4 is 4.74 Å². The summed E-state index contributed by atoms with van der Waals surface area (Å²) in [6.07, 6.45) is 0.139. The van der Waals surface area contributed by atoms with E-state index in [4.69, 9.17) is 10.00 Å². The molecule has 0 radical (unpaired) electrons. The summed E-state index contributed by atoms with van der Waals surface area (Å²) in [5, 5.41) is 19.7. The quantitative estimate of drug-likeness (QED) is 0.616. The maximum atomic E-state index is 11.0. The zero-order valence-electron chi connectivity index (χ0n) is 10.7. The van der Waals surface area contributed by atoms with Crippen LogP contribution in [0.5, 0.6) is 5.75 Å². The van der Waals surface area contributed by atoms with Crippen LogP contribution in [-0.4, -0.2) is 4.92 Å². The van der Waals surface area contributed by atoms with E-state index in [9.17, 15) is 10.1 Å². The average molecular weight is 268 g/mol. The number of hydrogen-bond acceptors (Lipinski definition) is 4. The van der Waals surface area contributed by atoms with Gasteiger partial charge >= 0.3 is 5.69 Å². The van der Waals surface area contributed by atoms with Crippen LogP contribution in [0.2, 0.25) is 0 Å². The standard InChI is InChI=1S/C15H12N2O3/c16-9-8-12-6-7-15(14(10-12)17(18)19)20-11-13-4-2-1-3-5-13/h1-7,10H,8,11H2. The molecule has 0 aliphatic heterocycles. The van der Waals surface area contributed by atoms with Gasteiger partial charge in [0.15, 0.2) is 5.75 Å². The molecule has 0 amide bonds. The third-order valence-corrected chi connectivity index (χ3v) is 2.74. The molecule has 0 fully saturated rings. The van der Waals surface area contributed by atoms with Crippen molar-refractivity contribution in [3.8, 4) is 11.8 Å². The molecule has 20 heavy (non-hydrogen) atoms. The Morgan fingerprint density at radius 1 is 1.15 bits per heavy atom. The molecule has 0 saturated heterocycles. The predicted octanol–water partition coefficient (Wildman–Crippen LogP) is 3.24. The summed E-state index contributed by atoms with van der Waals surface area (Å²) in [7, 11) is 0. The topological polar surface area (TPSA) is 76.2 Å². The van der Waals surface area contributed by atoms with Crippen molar-refractivity contribution < 1.29 is 9.66 Å². The minimum Gasteiger partial charge on any atom is -0.482 e. The van der Waals surface area contributed by atoms with E-state index in [0.717, 1.165) is 5.56 Å². The summed E-state index contributed by atoms with van der Waals surface area (Å²) >= 11 is 0. The highest BCUT2D eigenvalue weighted by atomic mass is 16.6. The number of hydrogen-bond donors (Lipinski definition) is 0. The maximum Gasteiger partial charge on any atom is 0.311 e. The van der Waals surface area contributed by atoms with Gasteiger partial charge in [0.05, 0.1) is 17.4 Å². The zero-order valence-corrected chi connectivity index (χ0v) is 10.7. The number of nitro groups is 1. The van der Waals surface area contributed by atoms with Crippen molar-refractivity contribution >= 4 is 5.69 Å². The van der Waals surface area contributed by atoms with E-state index in [1.54, 1.807) is 6.07 Å². The lowest BCUT2D eigenvalue weighted by atomic mass is 10.1. The Morgan fingerprint density at radius 3 is 2.55 bits per heavy atom. The van der Waals surface area contributed by atoms with Crippen molar-refractivity contribution in [2.24, 2.45) is 0 Å². The normalized spacial score (nSPS) is 9.75. The van der Waals surface area contributed by atoms with E-state index >= 15 is 0 Å². The molecule has 100 valence electrons. The van der Waals surface area contributed by atoms with E-state index in [1.165, 1.54) is 12.1 Å². The molecule has 0 N–H and O–H groups in total. The number of ether oxygens (including phenoxy) is 1. The second kappa shape index (κ2) is 6.34. The predicted molar refractivity (Wildman–Crippen MR) is 73.2 cm³/mol. The van der Waals surface area contributed by atoms with Crippen molar-refractivity contribution in [3.05, 3.63) is 69.8 Å². The second-order valence-corrected chi connectivity index (χ2v) is 4.17. The zero-order chi connectivity index (χ0) is 14.4. The van der Waals surface area contributed by atoms with Gasteiger partial charge < -0.3 is 4.74 Å². The molecule has 0 heterocycles. The minimum atomic E-state index is -0.499. The van der Waals surface area contributed by atoms with Crippen LogP contribution in [0.25, 0.3) is 0 Å². The van der Waals surface area contributed by atoms with Gasteiger partial charge in [0.2, 0.25) is 0 Å². The van der Waals surface area contributed by atoms with Crippen LogP contribution in [0, 0.1) is 21.4 Å². The molecule has 0 spiro atoms. The lowest BCUT2D eigenvalue weighted by Gasteiger charge is -2.07. The highest BCUT2D eigenvalue weighted by Gasteiger charge is 2.16. The fourth-order valence-corrected chi connectivity index (χ4v) is 1.76. The molecule has 0 aliphatic rings. The van der Waals surface area contributed by atoms with Gasteiger partial charge in [0.1, 0.15) is 6.61 Å². The first-order valence-corrected chi connectivity index (χ1v) is 6.01. The van der Waals surface area contributed by atoms with E-state index in [2.05, 4.69) is 0 Å². The van der Waals surface area contributed by atoms with Crippen LogP contribution in [0.3, 0.4) is 0 Å². The number of nitrogens with zero attached hydrogens (tertiary/aromatic N) is 2. The Hall–Kier alpha value is -2.87. The SMILES string of the molecule is N#CCc1ccc(OCc2ccccc2)c([N+](=O)[O-])c1. The number of nitriles is 1. The Morgan fingerprint density at radius 2 is 1.90 bits per heavy atom. The van der Waals surface area contributed by atoms with Crippen LogP contribution in [-0.2, 0) is 13.0 Å². The molecule has 0 bridgehead atoms. The molecule has 2 aromatic carbocycles. The molecule has 2 aromatic rings. The number of nitro benzene ring substituents is 1. The summed E-state index contributed by atoms with van der Waals surface area (Å²) in [6, 6.07) is 16.0. The molecule has 0 aliphatic carbocycles. The van der Waals surface area contributed by atoms with Crippen LogP contribution in [0.4, 0.5) is 5.69 Å². The third-order valence-electron chi connectivity index (χ3n) is 2.74. The van der Waals surface area contributed by atoms with Gasteiger partial charge in [-0.1, -0.05) is 36.4 Å². The highest BCUT2D eigenvalue weighted by Crippen LogP contribution is 2.28. The first kappa shape index (κ1) is 13.6. The maximum absolute atomic E-state index is 11.0. The first-order chi connectivity index (χ1) is 9.70. The van der Waals surface area contributed by atoms with E-state index in [0.29, 0.717) is 5.56 Å². The average Bonchev–Trinajstić information content (AvgIpc) is 2.47. The van der Waals surface area contributed by atoms with E-state index in [-0.39, 0.29) is 24.5 Å². The molecular formula is C15H12N2O3. The summed E-state index contributed by atoms with van der Waals surface area (Å²) < 4.78 is 5.49. The van der Waals surface area contributed by atoms with Crippen LogP contribution in [0.1, 0.15) is 11.1 Å². The van der Waals surface area contributed by atoms with Gasteiger partial charge in [0, 0.05) is 6.07 Å². The van der Waals surface area contributed by atoms with Crippen molar-refractivity contribution in [2.75, 3.05) is 0 Å². The van der Waals surface area contributed by atoms with Crippen LogP contribution in [0.15, 0.2) is 48.5 Å². The summed E-state index contributed by atoms with van der Waals surface area (Å²) in [6.45, 7) is 0.263. The minimum absolute atomic E-state index is 0.117. The van der Waals surface area contributed by atoms with Crippen molar-refractivity contribution in [1.82, 2.24) is 0 Å². The number of benzene rings is 2. The third kappa shape index (κ3) is 3.33. The Kier molecular flexibility index (Phi) is 4.30. The molecule has 0 unspecified atom stereocenters. The van der Waals surface area contributed by atoms with Crippen LogP contribution >= 0.6 is 0 Å². The second-order valence-electron chi connectivity index (χ2n) is 4.17. The lowest BCUT2D eigenvalue weighted by Crippen LogP contribution is -2.00. The molecule has 5 nitrogen and oxygen atoms in total. The van der Waals surface area contributed by atoms with Crippen molar-refractivity contribution in [3.63, 3.8) is 0 Å². The first-order valence-electron chi connectivity index (χ1n) is 6.01. The molecule has 0 saturated carbocycles. The molecular weight excluding hydrogens is 256 g/mol. The Labute approximate surface area is 116 Å². The van der Waals surface area contributed by atoms with E-state index < -0.39 is 4.92 Å². The largest absolute Gasteiger partial charge is 0.482 e. The fourth-order valence-electron chi connectivity index (χ4n) is 1.76. The molecule has 0 aromatic heterocycles. The molecule has 0 atom stereocenters. The molecule has 2 rings (SSSR count). The monoisotopic (exact) mass is 268 g/mol. The fraction of sp³-hybridized carbons (Fsp3) is 0.133. The van der Waals surface area contributed by atoms with Gasteiger partial charge in [-0.2, -0.15) is 5.26 Å². The number of rotatable bonds is 5. The van der Waals surface area contributed by atoms with Crippen molar-refractivity contribution in [2.45, 2.75) is 13.0 Å².